The standard InChI is InChI=1S/C20H25N5O3.C2H6/c1-3-4-5-13(2)12-23-20-24-16-7-6-14(11-18(16)28-20)27-15-8-9-22-17(10-15)19(26)25-21;1-2/h6-11,13H,3-5,12,21H2,1-2H3,(H,23,24)(H,25,26);1-2H3. The molecule has 8 nitrogen and oxygen atoms in total. The Morgan fingerprint density at radius 2 is 2.00 bits per heavy atom. The molecule has 0 fully saturated rings. The average molecular weight is 414 g/mol. The Balaban J connectivity index is 0.00000155. The third-order valence-corrected chi connectivity index (χ3v) is 4.34. The number of rotatable bonds is 9. The summed E-state index contributed by atoms with van der Waals surface area (Å²) in [7, 11) is 0. The number of oxazole rings is 1. The zero-order valence-electron chi connectivity index (χ0n) is 18.1. The van der Waals surface area contributed by atoms with Gasteiger partial charge in [0.15, 0.2) is 5.58 Å². The van der Waals surface area contributed by atoms with Gasteiger partial charge in [0.2, 0.25) is 0 Å². The molecule has 1 aromatic carbocycles. The fourth-order valence-corrected chi connectivity index (χ4v) is 2.77. The summed E-state index contributed by atoms with van der Waals surface area (Å²) in [5, 5.41) is 3.26. The zero-order valence-corrected chi connectivity index (χ0v) is 18.1. The molecule has 2 aromatic heterocycles. The van der Waals surface area contributed by atoms with E-state index in [0.29, 0.717) is 29.0 Å². The van der Waals surface area contributed by atoms with Crippen LogP contribution in [0.2, 0.25) is 0 Å². The largest absolute Gasteiger partial charge is 0.457 e. The first-order valence-corrected chi connectivity index (χ1v) is 10.4. The SMILES string of the molecule is CC.CCCCC(C)CNc1nc2ccc(Oc3ccnc(C(=O)NN)c3)cc2o1. The van der Waals surface area contributed by atoms with E-state index < -0.39 is 5.91 Å². The molecule has 3 aromatic rings. The van der Waals surface area contributed by atoms with Crippen molar-refractivity contribution in [2.75, 3.05) is 11.9 Å². The molecule has 3 rings (SSSR count). The van der Waals surface area contributed by atoms with Crippen LogP contribution >= 0.6 is 0 Å². The fourth-order valence-electron chi connectivity index (χ4n) is 2.77. The number of anilines is 1. The minimum absolute atomic E-state index is 0.171. The van der Waals surface area contributed by atoms with Crippen molar-refractivity contribution in [1.29, 1.82) is 0 Å². The summed E-state index contributed by atoms with van der Waals surface area (Å²) in [6.45, 7) is 9.23. The highest BCUT2D eigenvalue weighted by molar-refractivity contribution is 5.92. The van der Waals surface area contributed by atoms with Gasteiger partial charge >= 0.3 is 0 Å². The molecular weight excluding hydrogens is 382 g/mol. The molecule has 0 bridgehead atoms. The number of carbonyl (C=O) groups is 1. The van der Waals surface area contributed by atoms with Crippen LogP contribution in [0, 0.1) is 5.92 Å². The predicted octanol–water partition coefficient (Wildman–Crippen LogP) is 4.88. The van der Waals surface area contributed by atoms with Gasteiger partial charge in [-0.2, -0.15) is 4.98 Å². The van der Waals surface area contributed by atoms with Crippen molar-refractivity contribution in [2.45, 2.75) is 47.0 Å². The Bertz CT molecular complexity index is 941. The summed E-state index contributed by atoms with van der Waals surface area (Å²) < 4.78 is 11.6. The van der Waals surface area contributed by atoms with Crippen molar-refractivity contribution in [1.82, 2.24) is 15.4 Å². The number of amides is 1. The molecule has 0 saturated carbocycles. The van der Waals surface area contributed by atoms with E-state index >= 15 is 0 Å². The summed E-state index contributed by atoms with van der Waals surface area (Å²) in [5.41, 5.74) is 3.58. The lowest BCUT2D eigenvalue weighted by atomic mass is 10.1. The third-order valence-electron chi connectivity index (χ3n) is 4.34. The van der Waals surface area contributed by atoms with Gasteiger partial charge in [0, 0.05) is 24.9 Å². The minimum atomic E-state index is -0.486. The molecule has 0 radical (unpaired) electrons. The molecule has 1 atom stereocenters. The first-order valence-electron chi connectivity index (χ1n) is 10.4. The highest BCUT2D eigenvalue weighted by Gasteiger charge is 2.10. The van der Waals surface area contributed by atoms with Gasteiger partial charge in [0.1, 0.15) is 22.7 Å². The van der Waals surface area contributed by atoms with Crippen LogP contribution in [0.4, 0.5) is 6.01 Å². The van der Waals surface area contributed by atoms with Crippen LogP contribution in [-0.4, -0.2) is 22.4 Å². The van der Waals surface area contributed by atoms with E-state index in [1.54, 1.807) is 18.2 Å². The van der Waals surface area contributed by atoms with Gasteiger partial charge < -0.3 is 14.5 Å². The van der Waals surface area contributed by atoms with E-state index in [0.717, 1.165) is 12.1 Å². The van der Waals surface area contributed by atoms with Gasteiger partial charge in [0.05, 0.1) is 0 Å². The van der Waals surface area contributed by atoms with E-state index in [9.17, 15) is 4.79 Å². The molecule has 0 aliphatic carbocycles. The van der Waals surface area contributed by atoms with Crippen LogP contribution in [0.1, 0.15) is 57.4 Å². The van der Waals surface area contributed by atoms with Crippen molar-refractivity contribution in [2.24, 2.45) is 11.8 Å². The normalized spacial score (nSPS) is 11.4. The molecule has 162 valence electrons. The summed E-state index contributed by atoms with van der Waals surface area (Å²) >= 11 is 0. The second kappa shape index (κ2) is 11.8. The number of hydrogen-bond acceptors (Lipinski definition) is 7. The average Bonchev–Trinajstić information content (AvgIpc) is 3.19. The second-order valence-electron chi connectivity index (χ2n) is 6.73. The first kappa shape index (κ1) is 23.2. The van der Waals surface area contributed by atoms with Gasteiger partial charge in [-0.25, -0.2) is 5.84 Å². The molecule has 1 unspecified atom stereocenters. The van der Waals surface area contributed by atoms with Crippen LogP contribution < -0.4 is 21.3 Å². The highest BCUT2D eigenvalue weighted by Crippen LogP contribution is 2.27. The van der Waals surface area contributed by atoms with Crippen LogP contribution in [0.15, 0.2) is 40.9 Å². The molecule has 0 spiro atoms. The summed E-state index contributed by atoms with van der Waals surface area (Å²) in [4.78, 5) is 20.0. The molecule has 8 heteroatoms. The van der Waals surface area contributed by atoms with E-state index in [4.69, 9.17) is 15.0 Å². The maximum atomic E-state index is 11.6. The van der Waals surface area contributed by atoms with Gasteiger partial charge in [-0.3, -0.25) is 15.2 Å². The molecular formula is C22H31N5O3. The summed E-state index contributed by atoms with van der Waals surface area (Å²) in [5.74, 6) is 6.24. The van der Waals surface area contributed by atoms with Crippen LogP contribution in [0.3, 0.4) is 0 Å². The summed E-state index contributed by atoms with van der Waals surface area (Å²) in [6, 6.07) is 9.05. The quantitative estimate of drug-likeness (QED) is 0.260. The maximum Gasteiger partial charge on any atom is 0.295 e. The smallest absolute Gasteiger partial charge is 0.295 e. The van der Waals surface area contributed by atoms with E-state index in [-0.39, 0.29) is 5.69 Å². The van der Waals surface area contributed by atoms with Crippen LogP contribution in [-0.2, 0) is 0 Å². The van der Waals surface area contributed by atoms with Crippen molar-refractivity contribution >= 4 is 23.0 Å². The number of unbranched alkanes of at least 4 members (excludes halogenated alkanes) is 1. The van der Waals surface area contributed by atoms with Gasteiger partial charge in [-0.1, -0.05) is 40.5 Å². The molecule has 30 heavy (non-hydrogen) atoms. The van der Waals surface area contributed by atoms with Gasteiger partial charge in [-0.05, 0) is 30.5 Å². The minimum Gasteiger partial charge on any atom is -0.457 e. The Kier molecular flexibility index (Phi) is 9.08. The Morgan fingerprint density at radius 3 is 2.73 bits per heavy atom. The highest BCUT2D eigenvalue weighted by atomic mass is 16.5. The Hall–Kier alpha value is -3.13. The van der Waals surface area contributed by atoms with Gasteiger partial charge in [-0.15, -0.1) is 0 Å². The number of nitrogens with one attached hydrogen (secondary N) is 2. The van der Waals surface area contributed by atoms with Crippen LogP contribution in [0.25, 0.3) is 11.1 Å². The van der Waals surface area contributed by atoms with Crippen LogP contribution in [0.5, 0.6) is 11.5 Å². The van der Waals surface area contributed by atoms with E-state index in [1.807, 2.05) is 25.3 Å². The predicted molar refractivity (Wildman–Crippen MR) is 119 cm³/mol. The number of nitrogens with zero attached hydrogens (tertiary/aromatic N) is 2. The Morgan fingerprint density at radius 1 is 1.23 bits per heavy atom. The number of hydrogen-bond donors (Lipinski definition) is 3. The van der Waals surface area contributed by atoms with E-state index in [2.05, 4.69) is 29.1 Å². The van der Waals surface area contributed by atoms with Crippen molar-refractivity contribution in [3.05, 3.63) is 42.2 Å². The lowest BCUT2D eigenvalue weighted by Crippen LogP contribution is -2.30. The molecule has 0 saturated heterocycles. The zero-order chi connectivity index (χ0) is 21.9. The number of carbonyl (C=O) groups excluding carboxylic acids is 1. The topological polar surface area (TPSA) is 115 Å². The number of pyridine rings is 1. The number of nitrogen functional groups attached to an aromatic ring is 1. The lowest BCUT2D eigenvalue weighted by Gasteiger charge is -2.10. The van der Waals surface area contributed by atoms with E-state index in [1.165, 1.54) is 31.5 Å². The number of hydrazine groups is 1. The maximum absolute atomic E-state index is 11.6. The van der Waals surface area contributed by atoms with Crippen molar-refractivity contribution in [3.63, 3.8) is 0 Å². The Labute approximate surface area is 177 Å². The lowest BCUT2D eigenvalue weighted by molar-refractivity contribution is 0.0948. The number of benzene rings is 1. The second-order valence-corrected chi connectivity index (χ2v) is 6.73. The monoisotopic (exact) mass is 413 g/mol. The molecule has 0 aliphatic heterocycles. The van der Waals surface area contributed by atoms with Crippen molar-refractivity contribution < 1.29 is 13.9 Å². The molecule has 4 N–H and O–H groups in total. The van der Waals surface area contributed by atoms with Crippen molar-refractivity contribution in [3.8, 4) is 11.5 Å². The number of ether oxygens (including phenoxy) is 1. The molecule has 0 aliphatic rings. The third kappa shape index (κ3) is 6.45. The molecule has 2 heterocycles. The van der Waals surface area contributed by atoms with Gasteiger partial charge in [0.25, 0.3) is 11.9 Å². The number of fused-ring (bicyclic) bond motifs is 1. The fraction of sp³-hybridized carbons (Fsp3) is 0.409. The number of aromatic nitrogens is 2. The summed E-state index contributed by atoms with van der Waals surface area (Å²) in [6.07, 6.45) is 5.08. The molecule has 1 amide bonds. The first-order chi connectivity index (χ1) is 14.6. The number of nitrogens with two attached hydrogens (primary N) is 1.